The van der Waals surface area contributed by atoms with Crippen LogP contribution in [0, 0.1) is 17.1 Å². The standard InChI is InChI=1S/C25H31FN6O3/c1-25(2,3)35-24(34)30-13-5-4-12-29-21-18(19(27)22(28)33)11-8-16-14-31-23(32-20(16)21)15-6-9-17(26)10-7-15/h6-7,9-10,14,18,27H,4-5,8,11-13H2,1-3H3,(H2,28,33)(H,30,34). The summed E-state index contributed by atoms with van der Waals surface area (Å²) < 4.78 is 18.6. The summed E-state index contributed by atoms with van der Waals surface area (Å²) in [6, 6.07) is 5.86. The van der Waals surface area contributed by atoms with E-state index in [1.807, 2.05) is 0 Å². The van der Waals surface area contributed by atoms with Gasteiger partial charge in [0, 0.05) is 24.8 Å². The van der Waals surface area contributed by atoms with Crippen LogP contribution in [0.15, 0.2) is 35.5 Å². The number of aromatic nitrogens is 2. The van der Waals surface area contributed by atoms with Gasteiger partial charge < -0.3 is 15.8 Å². The Labute approximate surface area is 203 Å². The van der Waals surface area contributed by atoms with Gasteiger partial charge in [-0.05, 0) is 76.3 Å². The van der Waals surface area contributed by atoms with Gasteiger partial charge in [-0.15, -0.1) is 0 Å². The molecular weight excluding hydrogens is 451 g/mol. The summed E-state index contributed by atoms with van der Waals surface area (Å²) in [5.41, 5.74) is 7.27. The van der Waals surface area contributed by atoms with Gasteiger partial charge in [-0.25, -0.2) is 19.2 Å². The van der Waals surface area contributed by atoms with Crippen LogP contribution in [0.25, 0.3) is 11.4 Å². The second-order valence-electron chi connectivity index (χ2n) is 9.35. The zero-order chi connectivity index (χ0) is 25.6. The lowest BCUT2D eigenvalue weighted by molar-refractivity contribution is -0.112. The van der Waals surface area contributed by atoms with E-state index in [0.717, 1.165) is 5.56 Å². The molecule has 2 amide bonds. The van der Waals surface area contributed by atoms with Crippen LogP contribution in [-0.2, 0) is 16.0 Å². The molecule has 1 aromatic carbocycles. The first-order valence-electron chi connectivity index (χ1n) is 11.6. The third kappa shape index (κ3) is 7.14. The van der Waals surface area contributed by atoms with Gasteiger partial charge in [0.15, 0.2) is 5.82 Å². The molecule has 1 aliphatic carbocycles. The van der Waals surface area contributed by atoms with Gasteiger partial charge in [0.05, 0.1) is 17.3 Å². The maximum atomic E-state index is 13.3. The molecule has 1 atom stereocenters. The van der Waals surface area contributed by atoms with Gasteiger partial charge in [-0.3, -0.25) is 15.2 Å². The highest BCUT2D eigenvalue weighted by Crippen LogP contribution is 2.28. The summed E-state index contributed by atoms with van der Waals surface area (Å²) >= 11 is 0. The molecule has 2 aromatic rings. The molecule has 1 aromatic heterocycles. The fourth-order valence-electron chi connectivity index (χ4n) is 3.73. The van der Waals surface area contributed by atoms with Crippen molar-refractivity contribution in [2.75, 3.05) is 13.1 Å². The van der Waals surface area contributed by atoms with E-state index < -0.39 is 23.5 Å². The van der Waals surface area contributed by atoms with Crippen molar-refractivity contribution in [1.29, 1.82) is 5.41 Å². The molecule has 9 nitrogen and oxygen atoms in total. The van der Waals surface area contributed by atoms with Crippen molar-refractivity contribution >= 4 is 23.4 Å². The van der Waals surface area contributed by atoms with Crippen molar-refractivity contribution in [1.82, 2.24) is 15.3 Å². The van der Waals surface area contributed by atoms with Crippen molar-refractivity contribution < 1.29 is 18.7 Å². The molecule has 0 spiro atoms. The Hall–Kier alpha value is -3.69. The molecule has 3 rings (SSSR count). The normalized spacial score (nSPS) is 16.5. The number of hydrogen-bond acceptors (Lipinski definition) is 7. The molecule has 1 heterocycles. The lowest BCUT2D eigenvalue weighted by atomic mass is 9.82. The van der Waals surface area contributed by atoms with Gasteiger partial charge >= 0.3 is 6.09 Å². The van der Waals surface area contributed by atoms with Crippen molar-refractivity contribution in [3.63, 3.8) is 0 Å². The largest absolute Gasteiger partial charge is 0.444 e. The summed E-state index contributed by atoms with van der Waals surface area (Å²) in [6.45, 7) is 6.26. The van der Waals surface area contributed by atoms with Crippen LogP contribution in [0.2, 0.25) is 0 Å². The Bertz CT molecular complexity index is 1130. The number of carbonyl (C=O) groups is 2. The average Bonchev–Trinajstić information content (AvgIpc) is 2.79. The third-order valence-corrected chi connectivity index (χ3v) is 5.39. The van der Waals surface area contributed by atoms with Crippen LogP contribution < -0.4 is 11.1 Å². The molecule has 1 unspecified atom stereocenters. The molecule has 10 heteroatoms. The Balaban J connectivity index is 1.76. The fourth-order valence-corrected chi connectivity index (χ4v) is 3.73. The van der Waals surface area contributed by atoms with Crippen molar-refractivity contribution in [3.8, 4) is 11.4 Å². The van der Waals surface area contributed by atoms with E-state index in [4.69, 9.17) is 20.9 Å². The first-order chi connectivity index (χ1) is 16.5. The maximum Gasteiger partial charge on any atom is 0.407 e. The number of hydrogen-bond donors (Lipinski definition) is 3. The molecule has 186 valence electrons. The number of ether oxygens (including phenoxy) is 1. The number of benzene rings is 1. The number of nitrogens with one attached hydrogen (secondary N) is 2. The molecule has 35 heavy (non-hydrogen) atoms. The second-order valence-corrected chi connectivity index (χ2v) is 9.35. The SMILES string of the molecule is CC(C)(C)OC(=O)NCCCCN=C1c2nc(-c3ccc(F)cc3)ncc2CCC1C(=N)C(N)=O. The average molecular weight is 483 g/mol. The van der Waals surface area contributed by atoms with Crippen LogP contribution in [0.5, 0.6) is 0 Å². The van der Waals surface area contributed by atoms with E-state index in [0.29, 0.717) is 61.6 Å². The predicted molar refractivity (Wildman–Crippen MR) is 131 cm³/mol. The number of unbranched alkanes of at least 4 members (excludes halogenated alkanes) is 1. The molecule has 0 fully saturated rings. The van der Waals surface area contributed by atoms with E-state index >= 15 is 0 Å². The maximum absolute atomic E-state index is 13.3. The molecule has 0 aliphatic heterocycles. The zero-order valence-electron chi connectivity index (χ0n) is 20.2. The van der Waals surface area contributed by atoms with Crippen LogP contribution in [0.3, 0.4) is 0 Å². The number of fused-ring (bicyclic) bond motifs is 1. The molecule has 0 saturated heterocycles. The highest BCUT2D eigenvalue weighted by molar-refractivity contribution is 6.42. The number of aryl methyl sites for hydroxylation is 1. The quantitative estimate of drug-likeness (QED) is 0.390. The number of halogens is 1. The summed E-state index contributed by atoms with van der Waals surface area (Å²) in [5, 5.41) is 10.9. The van der Waals surface area contributed by atoms with Gasteiger partial charge in [-0.2, -0.15) is 0 Å². The van der Waals surface area contributed by atoms with E-state index in [1.165, 1.54) is 12.1 Å². The van der Waals surface area contributed by atoms with Crippen LogP contribution in [0.4, 0.5) is 9.18 Å². The van der Waals surface area contributed by atoms with Crippen LogP contribution in [-0.4, -0.2) is 52.1 Å². The highest BCUT2D eigenvalue weighted by atomic mass is 19.1. The molecule has 0 saturated carbocycles. The van der Waals surface area contributed by atoms with Crippen LogP contribution >= 0.6 is 0 Å². The third-order valence-electron chi connectivity index (χ3n) is 5.39. The summed E-state index contributed by atoms with van der Waals surface area (Å²) in [5.74, 6) is -1.30. The number of rotatable bonds is 8. The lowest BCUT2D eigenvalue weighted by Crippen LogP contribution is -2.38. The Morgan fingerprint density at radius 1 is 1.26 bits per heavy atom. The highest BCUT2D eigenvalue weighted by Gasteiger charge is 2.32. The van der Waals surface area contributed by atoms with Crippen LogP contribution in [0.1, 0.15) is 51.3 Å². The summed E-state index contributed by atoms with van der Waals surface area (Å²) in [4.78, 5) is 37.3. The Morgan fingerprint density at radius 3 is 2.63 bits per heavy atom. The molecular formula is C25H31FN6O3. The lowest BCUT2D eigenvalue weighted by Gasteiger charge is -2.25. The van der Waals surface area contributed by atoms with E-state index in [1.54, 1.807) is 39.1 Å². The minimum Gasteiger partial charge on any atom is -0.444 e. The number of alkyl carbamates (subject to hydrolysis) is 1. The number of aliphatic imine (C=N–C) groups is 1. The zero-order valence-corrected chi connectivity index (χ0v) is 20.2. The van der Waals surface area contributed by atoms with E-state index in [2.05, 4.69) is 15.3 Å². The Kier molecular flexibility index (Phi) is 8.26. The number of amides is 2. The topological polar surface area (TPSA) is 143 Å². The predicted octanol–water partition coefficient (Wildman–Crippen LogP) is 3.44. The number of nitrogens with two attached hydrogens (primary N) is 1. The van der Waals surface area contributed by atoms with Gasteiger partial charge in [0.25, 0.3) is 5.91 Å². The van der Waals surface area contributed by atoms with E-state index in [9.17, 15) is 14.0 Å². The van der Waals surface area contributed by atoms with Gasteiger partial charge in [0.2, 0.25) is 0 Å². The summed E-state index contributed by atoms with van der Waals surface area (Å²) in [6.07, 6.45) is 3.67. The Morgan fingerprint density at radius 2 is 1.97 bits per heavy atom. The van der Waals surface area contributed by atoms with E-state index in [-0.39, 0.29) is 11.5 Å². The van der Waals surface area contributed by atoms with Gasteiger partial charge in [-0.1, -0.05) is 0 Å². The molecule has 1 aliphatic rings. The van der Waals surface area contributed by atoms with Crippen molar-refractivity contribution in [2.24, 2.45) is 16.6 Å². The monoisotopic (exact) mass is 482 g/mol. The minimum absolute atomic E-state index is 0.206. The molecule has 0 bridgehead atoms. The molecule has 4 N–H and O–H groups in total. The smallest absolute Gasteiger partial charge is 0.407 e. The number of nitrogens with zero attached hydrogens (tertiary/aromatic N) is 3. The molecule has 0 radical (unpaired) electrons. The second kappa shape index (κ2) is 11.2. The number of carbonyl (C=O) groups excluding carboxylic acids is 2. The number of primary amides is 1. The van der Waals surface area contributed by atoms with Crippen molar-refractivity contribution in [2.45, 2.75) is 52.1 Å². The fraction of sp³-hybridized carbons (Fsp3) is 0.440. The first kappa shape index (κ1) is 25.9. The summed E-state index contributed by atoms with van der Waals surface area (Å²) in [7, 11) is 0. The van der Waals surface area contributed by atoms with Gasteiger partial charge in [0.1, 0.15) is 17.1 Å². The first-order valence-corrected chi connectivity index (χ1v) is 11.6. The minimum atomic E-state index is -0.791. The van der Waals surface area contributed by atoms with Crippen molar-refractivity contribution in [3.05, 3.63) is 47.5 Å².